The molecule has 0 saturated heterocycles. The van der Waals surface area contributed by atoms with Gasteiger partial charge in [0.2, 0.25) is 5.91 Å². The van der Waals surface area contributed by atoms with Crippen molar-refractivity contribution in [1.29, 1.82) is 0 Å². The van der Waals surface area contributed by atoms with E-state index in [9.17, 15) is 9.59 Å². The third-order valence-electron chi connectivity index (χ3n) is 3.82. The Morgan fingerprint density at radius 1 is 1.17 bits per heavy atom. The number of nitrogens with one attached hydrogen (secondary N) is 1. The van der Waals surface area contributed by atoms with Crippen LogP contribution in [0, 0.1) is 0 Å². The molecule has 3 N–H and O–H groups in total. The second-order valence-corrected chi connectivity index (χ2v) is 6.97. The number of hydrogen-bond donors (Lipinski definition) is 2. The number of ether oxygens (including phenoxy) is 1. The summed E-state index contributed by atoms with van der Waals surface area (Å²) in [5, 5.41) is 2.50. The van der Waals surface area contributed by atoms with E-state index in [1.54, 1.807) is 19.1 Å². The zero-order chi connectivity index (χ0) is 17.1. The Balaban J connectivity index is 1.79. The number of fused-ring (bicyclic) bond motifs is 1. The number of hydrogen-bond acceptors (Lipinski definition) is 4. The van der Waals surface area contributed by atoms with Crippen LogP contribution in [-0.4, -0.2) is 17.1 Å². The fourth-order valence-electron chi connectivity index (χ4n) is 2.45. The monoisotopic (exact) mass is 342 g/mol. The van der Waals surface area contributed by atoms with Gasteiger partial charge >= 0.3 is 0 Å². The first-order valence-electron chi connectivity index (χ1n) is 7.60. The van der Waals surface area contributed by atoms with E-state index in [1.807, 2.05) is 30.3 Å². The maximum absolute atomic E-state index is 12.6. The van der Waals surface area contributed by atoms with Gasteiger partial charge in [0.1, 0.15) is 0 Å². The van der Waals surface area contributed by atoms with Gasteiger partial charge in [0.15, 0.2) is 0 Å². The van der Waals surface area contributed by atoms with Gasteiger partial charge in [-0.25, -0.2) is 0 Å². The zero-order valence-electron chi connectivity index (χ0n) is 13.2. The topological polar surface area (TPSA) is 81.4 Å². The van der Waals surface area contributed by atoms with Gasteiger partial charge in [0.05, 0.1) is 24.0 Å². The predicted molar refractivity (Wildman–Crippen MR) is 93.8 cm³/mol. The van der Waals surface area contributed by atoms with E-state index in [0.717, 1.165) is 21.7 Å². The fraction of sp³-hybridized carbons (Fsp3) is 0.222. The number of benzene rings is 2. The summed E-state index contributed by atoms with van der Waals surface area (Å²) in [6.07, 6.45) is 0. The van der Waals surface area contributed by atoms with Crippen LogP contribution in [0.5, 0.6) is 0 Å². The molecule has 1 atom stereocenters. The molecule has 0 saturated carbocycles. The van der Waals surface area contributed by atoms with Crippen molar-refractivity contribution < 1.29 is 14.3 Å². The first-order chi connectivity index (χ1) is 11.5. The quantitative estimate of drug-likeness (QED) is 0.819. The Hall–Kier alpha value is -2.31. The number of thioether (sulfide) groups is 1. The minimum absolute atomic E-state index is 0.214. The summed E-state index contributed by atoms with van der Waals surface area (Å²) in [7, 11) is 0. The molecule has 1 aliphatic rings. The van der Waals surface area contributed by atoms with Crippen LogP contribution in [0.15, 0.2) is 47.4 Å². The van der Waals surface area contributed by atoms with E-state index >= 15 is 0 Å². The average Bonchev–Trinajstić information content (AvgIpc) is 3.02. The Kier molecular flexibility index (Phi) is 4.87. The third kappa shape index (κ3) is 3.60. The first kappa shape index (κ1) is 16.5. The Labute approximate surface area is 144 Å². The number of carbonyl (C=O) groups is 2. The highest BCUT2D eigenvalue weighted by atomic mass is 32.2. The van der Waals surface area contributed by atoms with Gasteiger partial charge in [0, 0.05) is 10.6 Å². The molecule has 0 radical (unpaired) electrons. The number of primary amides is 1. The number of carbonyl (C=O) groups excluding carboxylic acids is 2. The minimum atomic E-state index is -0.408. The van der Waals surface area contributed by atoms with Crippen molar-refractivity contribution >= 4 is 29.3 Å². The highest BCUT2D eigenvalue weighted by Crippen LogP contribution is 2.28. The van der Waals surface area contributed by atoms with E-state index in [4.69, 9.17) is 10.5 Å². The SMILES string of the molecule is C[C@@H](Sc1ccccc1C(=O)Nc1ccc2c(c1)COC2)C(N)=O. The van der Waals surface area contributed by atoms with E-state index in [1.165, 1.54) is 11.8 Å². The predicted octanol–water partition coefficient (Wildman–Crippen LogP) is 2.94. The average molecular weight is 342 g/mol. The van der Waals surface area contributed by atoms with Crippen molar-refractivity contribution in [1.82, 2.24) is 0 Å². The van der Waals surface area contributed by atoms with Gasteiger partial charge in [-0.05, 0) is 42.3 Å². The van der Waals surface area contributed by atoms with Crippen LogP contribution in [0.3, 0.4) is 0 Å². The lowest BCUT2D eigenvalue weighted by Crippen LogP contribution is -2.23. The molecule has 124 valence electrons. The zero-order valence-corrected chi connectivity index (χ0v) is 14.1. The van der Waals surface area contributed by atoms with Crippen LogP contribution in [0.2, 0.25) is 0 Å². The van der Waals surface area contributed by atoms with Crippen LogP contribution in [-0.2, 0) is 22.7 Å². The van der Waals surface area contributed by atoms with Gasteiger partial charge in [-0.1, -0.05) is 18.2 Å². The molecule has 0 aromatic heterocycles. The third-order valence-corrected chi connectivity index (χ3v) is 5.01. The summed E-state index contributed by atoms with van der Waals surface area (Å²) in [5.74, 6) is -0.623. The summed E-state index contributed by atoms with van der Waals surface area (Å²) in [6, 6.07) is 12.9. The molecule has 5 nitrogen and oxygen atoms in total. The fourth-order valence-corrected chi connectivity index (χ4v) is 3.40. The van der Waals surface area contributed by atoms with Crippen LogP contribution < -0.4 is 11.1 Å². The van der Waals surface area contributed by atoms with Crippen molar-refractivity contribution in [2.45, 2.75) is 30.3 Å². The summed E-state index contributed by atoms with van der Waals surface area (Å²) >= 11 is 1.28. The maximum atomic E-state index is 12.6. The van der Waals surface area contributed by atoms with Crippen molar-refractivity contribution in [2.24, 2.45) is 5.73 Å². The number of amides is 2. The Bertz CT molecular complexity index is 792. The van der Waals surface area contributed by atoms with Crippen LogP contribution in [0.4, 0.5) is 5.69 Å². The number of nitrogens with two attached hydrogens (primary N) is 1. The molecule has 2 aromatic carbocycles. The van der Waals surface area contributed by atoms with Crippen molar-refractivity contribution in [3.8, 4) is 0 Å². The number of rotatable bonds is 5. The molecule has 0 unspecified atom stereocenters. The Morgan fingerprint density at radius 2 is 1.92 bits per heavy atom. The molecule has 1 heterocycles. The van der Waals surface area contributed by atoms with E-state index in [0.29, 0.717) is 18.8 Å². The maximum Gasteiger partial charge on any atom is 0.256 e. The highest BCUT2D eigenvalue weighted by Gasteiger charge is 2.18. The van der Waals surface area contributed by atoms with Crippen molar-refractivity contribution in [3.63, 3.8) is 0 Å². The molecule has 24 heavy (non-hydrogen) atoms. The van der Waals surface area contributed by atoms with Gasteiger partial charge in [-0.2, -0.15) is 0 Å². The molecule has 2 aromatic rings. The van der Waals surface area contributed by atoms with Crippen molar-refractivity contribution in [2.75, 3.05) is 5.32 Å². The normalized spacial score (nSPS) is 14.0. The van der Waals surface area contributed by atoms with Gasteiger partial charge in [-0.15, -0.1) is 11.8 Å². The van der Waals surface area contributed by atoms with E-state index in [-0.39, 0.29) is 5.91 Å². The largest absolute Gasteiger partial charge is 0.372 e. The van der Waals surface area contributed by atoms with Crippen molar-refractivity contribution in [3.05, 3.63) is 59.2 Å². The molecule has 0 spiro atoms. The molecular weight excluding hydrogens is 324 g/mol. The molecule has 0 fully saturated rings. The second kappa shape index (κ2) is 7.07. The molecule has 1 aliphatic heterocycles. The van der Waals surface area contributed by atoms with Crippen LogP contribution in [0.1, 0.15) is 28.4 Å². The number of anilines is 1. The lowest BCUT2D eigenvalue weighted by Gasteiger charge is -2.12. The lowest BCUT2D eigenvalue weighted by atomic mass is 10.1. The molecule has 3 rings (SSSR count). The van der Waals surface area contributed by atoms with E-state index < -0.39 is 11.2 Å². The second-order valence-electron chi connectivity index (χ2n) is 5.59. The van der Waals surface area contributed by atoms with Gasteiger partial charge in [0.25, 0.3) is 5.91 Å². The van der Waals surface area contributed by atoms with E-state index in [2.05, 4.69) is 5.32 Å². The molecule has 0 aliphatic carbocycles. The van der Waals surface area contributed by atoms with Gasteiger partial charge < -0.3 is 15.8 Å². The summed E-state index contributed by atoms with van der Waals surface area (Å²) < 4.78 is 5.38. The summed E-state index contributed by atoms with van der Waals surface area (Å²) in [5.41, 5.74) is 8.81. The molecule has 0 bridgehead atoms. The summed E-state index contributed by atoms with van der Waals surface area (Å²) in [6.45, 7) is 2.91. The molecular formula is C18H18N2O3S. The first-order valence-corrected chi connectivity index (χ1v) is 8.48. The Morgan fingerprint density at radius 3 is 2.71 bits per heavy atom. The highest BCUT2D eigenvalue weighted by molar-refractivity contribution is 8.00. The lowest BCUT2D eigenvalue weighted by molar-refractivity contribution is -0.117. The van der Waals surface area contributed by atoms with Crippen LogP contribution >= 0.6 is 11.8 Å². The smallest absolute Gasteiger partial charge is 0.256 e. The van der Waals surface area contributed by atoms with Crippen LogP contribution in [0.25, 0.3) is 0 Å². The molecule has 6 heteroatoms. The standard InChI is InChI=1S/C18H18N2O3S/c1-11(17(19)21)24-16-5-3-2-4-15(16)18(22)20-14-7-6-12-9-23-10-13(12)8-14/h2-8,11H,9-10H2,1H3,(H2,19,21)(H,20,22)/t11-/m1/s1. The summed E-state index contributed by atoms with van der Waals surface area (Å²) in [4.78, 5) is 24.6. The molecule has 2 amide bonds. The minimum Gasteiger partial charge on any atom is -0.372 e. The van der Waals surface area contributed by atoms with Gasteiger partial charge in [-0.3, -0.25) is 9.59 Å².